The highest BCUT2D eigenvalue weighted by atomic mass is 16.1. The smallest absolute Gasteiger partial charge is 0.253 e. The van der Waals surface area contributed by atoms with E-state index in [1.807, 2.05) is 19.9 Å². The molecule has 3 aliphatic rings. The molecule has 30 heavy (non-hydrogen) atoms. The topological polar surface area (TPSA) is 45.2 Å². The number of likely N-dealkylation sites (N-methyl/N-ethyl adjacent to an activating group) is 1. The highest BCUT2D eigenvalue weighted by Crippen LogP contribution is 2.49. The average Bonchev–Trinajstić information content (AvgIpc) is 2.73. The van der Waals surface area contributed by atoms with Gasteiger partial charge in [-0.15, -0.1) is 0 Å². The minimum absolute atomic E-state index is 0.00451. The van der Waals surface area contributed by atoms with Crippen LogP contribution in [0.1, 0.15) is 77.8 Å². The van der Waals surface area contributed by atoms with Crippen LogP contribution in [0.15, 0.2) is 36.5 Å². The molecule has 2 aromatic rings. The van der Waals surface area contributed by atoms with E-state index in [4.69, 9.17) is 0 Å². The monoisotopic (exact) mass is 405 g/mol. The van der Waals surface area contributed by atoms with Crippen LogP contribution in [0.4, 0.5) is 0 Å². The lowest BCUT2D eigenvalue weighted by Gasteiger charge is -2.57. The molecule has 3 heterocycles. The third kappa shape index (κ3) is 3.66. The van der Waals surface area contributed by atoms with Gasteiger partial charge < -0.3 is 5.32 Å². The van der Waals surface area contributed by atoms with Crippen LogP contribution in [-0.2, 0) is 6.42 Å². The molecular formula is C26H35N3O. The van der Waals surface area contributed by atoms with E-state index < -0.39 is 0 Å². The predicted molar refractivity (Wildman–Crippen MR) is 122 cm³/mol. The van der Waals surface area contributed by atoms with Gasteiger partial charge in [0.15, 0.2) is 0 Å². The van der Waals surface area contributed by atoms with Gasteiger partial charge in [-0.3, -0.25) is 14.7 Å². The summed E-state index contributed by atoms with van der Waals surface area (Å²) in [6.45, 7) is 7.29. The Hall–Kier alpha value is -2.20. The number of amides is 1. The van der Waals surface area contributed by atoms with Crippen molar-refractivity contribution >= 4 is 5.91 Å². The summed E-state index contributed by atoms with van der Waals surface area (Å²) in [7, 11) is 2.26. The molecule has 5 rings (SSSR count). The normalized spacial score (nSPS) is 24.6. The zero-order chi connectivity index (χ0) is 21.3. The Balaban J connectivity index is 1.78. The number of hydrogen-bond donors (Lipinski definition) is 1. The Labute approximate surface area is 181 Å². The number of nitrogens with one attached hydrogen (secondary N) is 1. The lowest BCUT2D eigenvalue weighted by atomic mass is 9.65. The zero-order valence-electron chi connectivity index (χ0n) is 18.9. The zero-order valence-corrected chi connectivity index (χ0v) is 18.9. The molecule has 1 unspecified atom stereocenters. The van der Waals surface area contributed by atoms with Crippen molar-refractivity contribution in [1.82, 2.24) is 15.2 Å². The Morgan fingerprint density at radius 3 is 2.63 bits per heavy atom. The molecule has 1 aliphatic carbocycles. The SMILES string of the molecule is CCCc1ccccc1C(NC(=O)c1c(C)ccnc1C)C12CCC(CC1)CN2C. The van der Waals surface area contributed by atoms with Crippen molar-refractivity contribution in [1.29, 1.82) is 0 Å². The second-order valence-electron chi connectivity index (χ2n) is 9.37. The summed E-state index contributed by atoms with van der Waals surface area (Å²) < 4.78 is 0. The number of fused-ring (bicyclic) bond motifs is 3. The first-order valence-corrected chi connectivity index (χ1v) is 11.5. The molecule has 4 heteroatoms. The van der Waals surface area contributed by atoms with Gasteiger partial charge in [0.1, 0.15) is 0 Å². The number of rotatable bonds is 6. The van der Waals surface area contributed by atoms with Crippen LogP contribution in [0.25, 0.3) is 0 Å². The summed E-state index contributed by atoms with van der Waals surface area (Å²) in [5.74, 6) is 0.812. The summed E-state index contributed by atoms with van der Waals surface area (Å²) in [6.07, 6.45) is 8.73. The van der Waals surface area contributed by atoms with Crippen LogP contribution in [0.5, 0.6) is 0 Å². The number of carbonyl (C=O) groups excluding carboxylic acids is 1. The maximum Gasteiger partial charge on any atom is 0.253 e. The summed E-state index contributed by atoms with van der Waals surface area (Å²) in [6, 6.07) is 10.6. The molecule has 4 nitrogen and oxygen atoms in total. The lowest BCUT2D eigenvalue weighted by Crippen LogP contribution is -2.63. The van der Waals surface area contributed by atoms with Crippen LogP contribution >= 0.6 is 0 Å². The molecule has 1 N–H and O–H groups in total. The fourth-order valence-electron chi connectivity index (χ4n) is 5.88. The van der Waals surface area contributed by atoms with Crippen LogP contribution in [0.2, 0.25) is 0 Å². The largest absolute Gasteiger partial charge is 0.343 e. The average molecular weight is 406 g/mol. The lowest BCUT2D eigenvalue weighted by molar-refractivity contribution is -0.0406. The van der Waals surface area contributed by atoms with Gasteiger partial charge in [-0.05, 0) is 81.7 Å². The Morgan fingerprint density at radius 1 is 1.23 bits per heavy atom. The van der Waals surface area contributed by atoms with Crippen molar-refractivity contribution in [3.8, 4) is 0 Å². The fourth-order valence-corrected chi connectivity index (χ4v) is 5.88. The second-order valence-corrected chi connectivity index (χ2v) is 9.37. The molecule has 0 spiro atoms. The summed E-state index contributed by atoms with van der Waals surface area (Å²) in [4.78, 5) is 20.5. The van der Waals surface area contributed by atoms with Crippen molar-refractivity contribution in [2.45, 2.75) is 70.9 Å². The third-order valence-electron chi connectivity index (χ3n) is 7.54. The van der Waals surface area contributed by atoms with Gasteiger partial charge in [0, 0.05) is 18.3 Å². The molecule has 1 aromatic heterocycles. The van der Waals surface area contributed by atoms with Gasteiger partial charge in [0.25, 0.3) is 5.91 Å². The third-order valence-corrected chi connectivity index (χ3v) is 7.54. The Kier molecular flexibility index (Phi) is 5.97. The first kappa shape index (κ1) is 21.0. The minimum atomic E-state index is -0.0157. The second kappa shape index (κ2) is 8.50. The molecule has 160 valence electrons. The standard InChI is InChI=1S/C26H35N3O/c1-5-8-21-9-6-7-10-22(21)24(26-14-11-20(12-15-26)17-29(26)4)28-25(30)23-18(2)13-16-27-19(23)3/h6-7,9-10,13,16,20,24H,5,8,11-12,14-15,17H2,1-4H3,(H,28,30). The maximum absolute atomic E-state index is 13.6. The van der Waals surface area contributed by atoms with E-state index in [-0.39, 0.29) is 17.5 Å². The van der Waals surface area contributed by atoms with Crippen molar-refractivity contribution in [3.63, 3.8) is 0 Å². The number of aryl methyl sites for hydroxylation is 3. The number of aromatic nitrogens is 1. The Morgan fingerprint density at radius 2 is 1.97 bits per heavy atom. The molecular weight excluding hydrogens is 370 g/mol. The molecule has 2 aliphatic heterocycles. The molecule has 0 radical (unpaired) electrons. The first-order chi connectivity index (χ1) is 14.5. The van der Waals surface area contributed by atoms with E-state index in [2.05, 4.69) is 53.4 Å². The quantitative estimate of drug-likeness (QED) is 0.736. The number of piperidine rings is 2. The summed E-state index contributed by atoms with van der Waals surface area (Å²) in [5.41, 5.74) is 5.14. The van der Waals surface area contributed by atoms with Crippen molar-refractivity contribution in [2.75, 3.05) is 13.6 Å². The number of pyridine rings is 1. The van der Waals surface area contributed by atoms with Crippen molar-refractivity contribution < 1.29 is 4.79 Å². The molecule has 3 fully saturated rings. The number of benzene rings is 1. The van der Waals surface area contributed by atoms with Crippen LogP contribution in [-0.4, -0.2) is 34.9 Å². The van der Waals surface area contributed by atoms with Crippen molar-refractivity contribution in [2.24, 2.45) is 5.92 Å². The van der Waals surface area contributed by atoms with Crippen LogP contribution in [0.3, 0.4) is 0 Å². The number of hydrogen-bond acceptors (Lipinski definition) is 3. The van der Waals surface area contributed by atoms with Gasteiger partial charge in [-0.2, -0.15) is 0 Å². The predicted octanol–water partition coefficient (Wildman–Crippen LogP) is 5.00. The van der Waals surface area contributed by atoms with Gasteiger partial charge >= 0.3 is 0 Å². The van der Waals surface area contributed by atoms with Crippen molar-refractivity contribution in [3.05, 3.63) is 64.5 Å². The number of carbonyl (C=O) groups is 1. The molecule has 1 atom stereocenters. The van der Waals surface area contributed by atoms with E-state index in [0.717, 1.165) is 55.0 Å². The van der Waals surface area contributed by atoms with Gasteiger partial charge in [-0.25, -0.2) is 0 Å². The maximum atomic E-state index is 13.6. The van der Waals surface area contributed by atoms with Crippen LogP contribution in [0, 0.1) is 19.8 Å². The summed E-state index contributed by atoms with van der Waals surface area (Å²) >= 11 is 0. The molecule has 1 saturated carbocycles. The van der Waals surface area contributed by atoms with E-state index in [9.17, 15) is 4.79 Å². The molecule has 1 aromatic carbocycles. The summed E-state index contributed by atoms with van der Waals surface area (Å²) in [5, 5.41) is 3.53. The van der Waals surface area contributed by atoms with Gasteiger partial charge in [-0.1, -0.05) is 37.6 Å². The fraction of sp³-hybridized carbons (Fsp3) is 0.538. The first-order valence-electron chi connectivity index (χ1n) is 11.5. The van der Waals surface area contributed by atoms with E-state index in [1.54, 1.807) is 6.20 Å². The van der Waals surface area contributed by atoms with E-state index in [1.165, 1.54) is 24.0 Å². The van der Waals surface area contributed by atoms with Gasteiger partial charge in [0.2, 0.25) is 0 Å². The Bertz CT molecular complexity index is 894. The van der Waals surface area contributed by atoms with E-state index >= 15 is 0 Å². The highest BCUT2D eigenvalue weighted by Gasteiger charge is 2.50. The molecule has 2 saturated heterocycles. The molecule has 1 amide bonds. The highest BCUT2D eigenvalue weighted by molar-refractivity contribution is 5.97. The number of nitrogens with zero attached hydrogens (tertiary/aromatic N) is 2. The molecule has 2 bridgehead atoms. The van der Waals surface area contributed by atoms with Crippen LogP contribution < -0.4 is 5.32 Å². The minimum Gasteiger partial charge on any atom is -0.343 e. The van der Waals surface area contributed by atoms with E-state index in [0.29, 0.717) is 0 Å². The van der Waals surface area contributed by atoms with Gasteiger partial charge in [0.05, 0.1) is 17.3 Å².